The van der Waals surface area contributed by atoms with E-state index in [2.05, 4.69) is 51.9 Å². The molecule has 0 bridgehead atoms. The lowest BCUT2D eigenvalue weighted by atomic mass is 9.99. The molecule has 0 fully saturated rings. The van der Waals surface area contributed by atoms with Crippen LogP contribution in [0.4, 0.5) is 0 Å². The van der Waals surface area contributed by atoms with Gasteiger partial charge in [0.1, 0.15) is 10.3 Å². The van der Waals surface area contributed by atoms with Crippen LogP contribution in [-0.4, -0.2) is 16.3 Å². The molecule has 0 aliphatic heterocycles. The van der Waals surface area contributed by atoms with Crippen LogP contribution in [0.3, 0.4) is 0 Å². The number of benzene rings is 1. The van der Waals surface area contributed by atoms with Crippen molar-refractivity contribution in [2.24, 2.45) is 0 Å². The van der Waals surface area contributed by atoms with Crippen molar-refractivity contribution in [1.82, 2.24) is 9.97 Å². The number of rotatable bonds is 2. The summed E-state index contributed by atoms with van der Waals surface area (Å²) in [6, 6.07) is 4.23. The van der Waals surface area contributed by atoms with E-state index in [9.17, 15) is 4.79 Å². The Hall–Kier alpha value is -1.42. The summed E-state index contributed by atoms with van der Waals surface area (Å²) in [7, 11) is 0. The number of halogens is 1. The van der Waals surface area contributed by atoms with Gasteiger partial charge in [-0.3, -0.25) is 4.79 Å². The Morgan fingerprint density at radius 2 is 1.82 bits per heavy atom. The maximum Gasteiger partial charge on any atom is 0.185 e. The van der Waals surface area contributed by atoms with E-state index in [1.54, 1.807) is 0 Å². The second-order valence-corrected chi connectivity index (χ2v) is 4.95. The van der Waals surface area contributed by atoms with Gasteiger partial charge in [0.15, 0.2) is 12.1 Å². The molecular formula is C13H13BrN2O. The minimum Gasteiger partial charge on any atom is -0.330 e. The molecular weight excluding hydrogens is 280 g/mol. The van der Waals surface area contributed by atoms with E-state index < -0.39 is 0 Å². The number of aldehydes is 1. The van der Waals surface area contributed by atoms with Crippen molar-refractivity contribution in [1.29, 1.82) is 0 Å². The van der Waals surface area contributed by atoms with E-state index in [0.29, 0.717) is 12.1 Å². The number of hydrogen-bond donors (Lipinski definition) is 1. The molecule has 0 saturated carbocycles. The molecule has 1 aromatic heterocycles. The molecule has 2 aromatic rings. The largest absolute Gasteiger partial charge is 0.330 e. The molecule has 2 rings (SSSR count). The van der Waals surface area contributed by atoms with Crippen LogP contribution in [0.1, 0.15) is 27.3 Å². The fraction of sp³-hybridized carbons (Fsp3) is 0.231. The summed E-state index contributed by atoms with van der Waals surface area (Å²) in [6.45, 7) is 6.20. The first-order chi connectivity index (χ1) is 8.02. The van der Waals surface area contributed by atoms with Crippen LogP contribution in [0.25, 0.3) is 11.3 Å². The number of nitrogens with one attached hydrogen (secondary N) is 1. The number of hydrogen-bond acceptors (Lipinski definition) is 2. The summed E-state index contributed by atoms with van der Waals surface area (Å²) in [5.41, 5.74) is 5.46. The van der Waals surface area contributed by atoms with Gasteiger partial charge in [-0.2, -0.15) is 0 Å². The van der Waals surface area contributed by atoms with Gasteiger partial charge in [0.05, 0.1) is 0 Å². The molecule has 0 radical (unpaired) electrons. The molecule has 88 valence electrons. The zero-order valence-electron chi connectivity index (χ0n) is 9.97. The van der Waals surface area contributed by atoms with Gasteiger partial charge in [-0.15, -0.1) is 0 Å². The van der Waals surface area contributed by atoms with Gasteiger partial charge >= 0.3 is 0 Å². The Bertz CT molecular complexity index is 587. The fourth-order valence-corrected chi connectivity index (χ4v) is 2.32. The Morgan fingerprint density at radius 1 is 1.18 bits per heavy atom. The van der Waals surface area contributed by atoms with Crippen molar-refractivity contribution < 1.29 is 4.79 Å². The summed E-state index contributed by atoms with van der Waals surface area (Å²) in [5, 5.41) is 0. The van der Waals surface area contributed by atoms with E-state index >= 15 is 0 Å². The molecule has 1 N–H and O–H groups in total. The van der Waals surface area contributed by atoms with Gasteiger partial charge in [-0.05, 0) is 59.5 Å². The zero-order chi connectivity index (χ0) is 12.6. The highest BCUT2D eigenvalue weighted by Gasteiger charge is 2.12. The first-order valence-corrected chi connectivity index (χ1v) is 6.11. The van der Waals surface area contributed by atoms with Crippen LogP contribution >= 0.6 is 15.9 Å². The number of aromatic nitrogens is 2. The van der Waals surface area contributed by atoms with Gasteiger partial charge in [0, 0.05) is 5.56 Å². The molecule has 3 nitrogen and oxygen atoms in total. The quantitative estimate of drug-likeness (QED) is 0.860. The average molecular weight is 293 g/mol. The zero-order valence-corrected chi connectivity index (χ0v) is 11.6. The SMILES string of the molecule is Cc1cc(C)c(-c2nc(C=O)[nH]c2Br)cc1C. The molecule has 0 spiro atoms. The highest BCUT2D eigenvalue weighted by molar-refractivity contribution is 9.10. The van der Waals surface area contributed by atoms with Crippen LogP contribution in [0, 0.1) is 20.8 Å². The summed E-state index contributed by atoms with van der Waals surface area (Å²) in [6.07, 6.45) is 0.713. The van der Waals surface area contributed by atoms with Crippen molar-refractivity contribution in [2.45, 2.75) is 20.8 Å². The molecule has 4 heteroatoms. The molecule has 1 heterocycles. The Balaban J connectivity index is 2.63. The number of nitrogens with zero attached hydrogens (tertiary/aromatic N) is 1. The van der Waals surface area contributed by atoms with Crippen molar-refractivity contribution in [3.8, 4) is 11.3 Å². The van der Waals surface area contributed by atoms with Gasteiger partial charge in [-0.25, -0.2) is 4.98 Å². The molecule has 17 heavy (non-hydrogen) atoms. The number of aromatic amines is 1. The van der Waals surface area contributed by atoms with Crippen molar-refractivity contribution in [2.75, 3.05) is 0 Å². The predicted molar refractivity (Wildman–Crippen MR) is 71.3 cm³/mol. The third kappa shape index (κ3) is 2.17. The molecule has 0 unspecified atom stereocenters. The van der Waals surface area contributed by atoms with Crippen LogP contribution in [0.2, 0.25) is 0 Å². The number of aryl methyl sites for hydroxylation is 3. The highest BCUT2D eigenvalue weighted by atomic mass is 79.9. The average Bonchev–Trinajstić information content (AvgIpc) is 2.65. The van der Waals surface area contributed by atoms with Crippen LogP contribution < -0.4 is 0 Å². The van der Waals surface area contributed by atoms with E-state index in [1.165, 1.54) is 11.1 Å². The monoisotopic (exact) mass is 292 g/mol. The first kappa shape index (κ1) is 12.0. The van der Waals surface area contributed by atoms with Crippen LogP contribution in [0.5, 0.6) is 0 Å². The molecule has 0 aliphatic rings. The Morgan fingerprint density at radius 3 is 2.41 bits per heavy atom. The summed E-state index contributed by atoms with van der Waals surface area (Å²) < 4.78 is 0.742. The molecule has 0 aliphatic carbocycles. The van der Waals surface area contributed by atoms with E-state index in [0.717, 1.165) is 21.4 Å². The van der Waals surface area contributed by atoms with Crippen LogP contribution in [0.15, 0.2) is 16.7 Å². The lowest BCUT2D eigenvalue weighted by Crippen LogP contribution is -1.90. The van der Waals surface area contributed by atoms with Gasteiger partial charge in [-0.1, -0.05) is 6.07 Å². The van der Waals surface area contributed by atoms with Gasteiger partial charge in [0.2, 0.25) is 0 Å². The molecule has 0 saturated heterocycles. The Kier molecular flexibility index (Phi) is 3.15. The third-order valence-corrected chi connectivity index (χ3v) is 3.46. The van der Waals surface area contributed by atoms with E-state index in [1.807, 2.05) is 6.92 Å². The topological polar surface area (TPSA) is 45.8 Å². The maximum atomic E-state index is 10.7. The number of H-pyrrole nitrogens is 1. The highest BCUT2D eigenvalue weighted by Crippen LogP contribution is 2.30. The predicted octanol–water partition coefficient (Wildman–Crippen LogP) is 3.58. The minimum absolute atomic E-state index is 0.338. The molecule has 0 atom stereocenters. The lowest BCUT2D eigenvalue weighted by Gasteiger charge is -2.08. The standard InChI is InChI=1S/C13H13BrN2O/c1-7-4-9(3)10(5-8(7)2)12-13(14)16-11(6-17)15-12/h4-6H,1-3H3,(H,15,16). The minimum atomic E-state index is 0.338. The lowest BCUT2D eigenvalue weighted by molar-refractivity contribution is 0.111. The van der Waals surface area contributed by atoms with E-state index in [-0.39, 0.29) is 0 Å². The third-order valence-electron chi connectivity index (χ3n) is 2.89. The smallest absolute Gasteiger partial charge is 0.185 e. The molecule has 1 aromatic carbocycles. The van der Waals surface area contributed by atoms with Gasteiger partial charge < -0.3 is 4.98 Å². The fourth-order valence-electron chi connectivity index (χ4n) is 1.82. The van der Waals surface area contributed by atoms with Crippen molar-refractivity contribution >= 4 is 22.2 Å². The second-order valence-electron chi connectivity index (χ2n) is 4.15. The maximum absolute atomic E-state index is 10.7. The van der Waals surface area contributed by atoms with E-state index in [4.69, 9.17) is 0 Å². The second kappa shape index (κ2) is 4.45. The molecule has 0 amide bonds. The summed E-state index contributed by atoms with van der Waals surface area (Å²) in [5.74, 6) is 0.338. The first-order valence-electron chi connectivity index (χ1n) is 5.32. The number of carbonyl (C=O) groups excluding carboxylic acids is 1. The Labute approximate surface area is 108 Å². The van der Waals surface area contributed by atoms with Crippen molar-refractivity contribution in [3.63, 3.8) is 0 Å². The van der Waals surface area contributed by atoms with Gasteiger partial charge in [0.25, 0.3) is 0 Å². The number of imidazole rings is 1. The van der Waals surface area contributed by atoms with Crippen LogP contribution in [-0.2, 0) is 0 Å². The number of carbonyl (C=O) groups is 1. The summed E-state index contributed by atoms with van der Waals surface area (Å²) >= 11 is 3.39. The van der Waals surface area contributed by atoms with Crippen molar-refractivity contribution in [3.05, 3.63) is 39.3 Å². The normalized spacial score (nSPS) is 10.6. The summed E-state index contributed by atoms with van der Waals surface area (Å²) in [4.78, 5) is 17.8.